The van der Waals surface area contributed by atoms with Gasteiger partial charge in [0.25, 0.3) is 11.8 Å². The van der Waals surface area contributed by atoms with Crippen LogP contribution in [0, 0.1) is 5.92 Å². The fourth-order valence-corrected chi connectivity index (χ4v) is 9.61. The van der Waals surface area contributed by atoms with E-state index in [0.29, 0.717) is 48.1 Å². The number of unbranched alkanes of at least 4 members (excludes halogenated alkanes) is 2. The molecule has 4 heterocycles. The van der Waals surface area contributed by atoms with Gasteiger partial charge in [-0.05, 0) is 80.7 Å². The van der Waals surface area contributed by atoms with Crippen LogP contribution in [-0.4, -0.2) is 151 Å². The van der Waals surface area contributed by atoms with Crippen molar-refractivity contribution in [2.75, 3.05) is 62.2 Å². The minimum absolute atomic E-state index is 0.0207. The molecule has 2 saturated heterocycles. The third-order valence-corrected chi connectivity index (χ3v) is 13.8. The van der Waals surface area contributed by atoms with Crippen molar-refractivity contribution in [1.29, 1.82) is 0 Å². The topological polar surface area (TPSA) is 327 Å². The van der Waals surface area contributed by atoms with Gasteiger partial charge >= 0.3 is 18.2 Å². The van der Waals surface area contributed by atoms with E-state index in [9.17, 15) is 48.9 Å². The van der Waals surface area contributed by atoms with Crippen molar-refractivity contribution >= 4 is 58.9 Å². The maximum absolute atomic E-state index is 14.2. The molecule has 4 aliphatic rings. The summed E-state index contributed by atoms with van der Waals surface area (Å²) in [5.74, 6) is -1.42. The first kappa shape index (κ1) is 56.6. The lowest BCUT2D eigenvalue weighted by atomic mass is 10.0. The maximum atomic E-state index is 14.2. The van der Waals surface area contributed by atoms with Gasteiger partial charge in [-0.25, -0.2) is 24.2 Å². The van der Waals surface area contributed by atoms with E-state index in [-0.39, 0.29) is 110 Å². The van der Waals surface area contributed by atoms with E-state index < -0.39 is 78.5 Å². The van der Waals surface area contributed by atoms with Crippen molar-refractivity contribution in [1.82, 2.24) is 20.4 Å². The molecule has 0 aliphatic carbocycles. The fraction of sp³-hybridized carbons (Fsp3) is 0.453. The number of methoxy groups -OCH3 is 2. The molecule has 2 unspecified atom stereocenters. The molecule has 414 valence electrons. The number of fused-ring (bicyclic) bond motifs is 4. The highest BCUT2D eigenvalue weighted by atomic mass is 16.6. The third-order valence-electron chi connectivity index (χ3n) is 13.8. The van der Waals surface area contributed by atoms with Gasteiger partial charge in [-0.3, -0.25) is 19.2 Å². The Morgan fingerprint density at radius 1 is 0.740 bits per heavy atom. The van der Waals surface area contributed by atoms with Crippen LogP contribution in [0.15, 0.2) is 72.8 Å². The highest BCUT2D eigenvalue weighted by molar-refractivity contribution is 6.07. The number of carboxylic acid groups (broad SMARTS) is 1. The number of benzene rings is 3. The maximum Gasteiger partial charge on any atom is 0.416 e. The molecular weight excluding hydrogens is 1000 g/mol. The molecule has 8 amide bonds. The lowest BCUT2D eigenvalue weighted by Gasteiger charge is -2.31. The Bertz CT molecular complexity index is 2770. The molecule has 6 atom stereocenters. The van der Waals surface area contributed by atoms with Gasteiger partial charge in [0.1, 0.15) is 12.6 Å². The molecule has 10 N–H and O–H groups in total. The van der Waals surface area contributed by atoms with E-state index in [4.69, 9.17) is 35.2 Å². The number of hydrogen-bond donors (Lipinski definition) is 8. The molecule has 0 radical (unpaired) electrons. The molecule has 0 spiro atoms. The Morgan fingerprint density at radius 3 is 1.75 bits per heavy atom. The SMILES string of the molecule is C=C1CC2C(O)N(C(=O)O)c3cc(OCCCCCOc4cc5c(cc4OC)C(=O)N4CC(=C)C[C@H]4[C@H](O)N5C(=O)OCc4ccc(NC(=O)[C@H](CCCNC(N)=O)NC(=O)[C@@H](N)C(C)C)cc4)c(OC)cc3C(=O)N2C1. The summed E-state index contributed by atoms with van der Waals surface area (Å²) in [5.41, 5.74) is 13.5. The van der Waals surface area contributed by atoms with Crippen LogP contribution in [0.2, 0.25) is 0 Å². The van der Waals surface area contributed by atoms with Gasteiger partial charge in [-0.2, -0.15) is 0 Å². The molecule has 3 aromatic rings. The number of aliphatic hydroxyl groups is 2. The number of nitrogens with zero attached hydrogens (tertiary/aromatic N) is 4. The lowest BCUT2D eigenvalue weighted by molar-refractivity contribution is -0.128. The summed E-state index contributed by atoms with van der Waals surface area (Å²) in [6.45, 7) is 12.1. The monoisotopic (exact) mass is 1070 g/mol. The van der Waals surface area contributed by atoms with Crippen LogP contribution >= 0.6 is 0 Å². The second-order valence-electron chi connectivity index (χ2n) is 19.6. The van der Waals surface area contributed by atoms with Crippen LogP contribution in [0.4, 0.5) is 31.4 Å². The molecule has 77 heavy (non-hydrogen) atoms. The quantitative estimate of drug-likeness (QED) is 0.0552. The Labute approximate surface area is 444 Å². The molecule has 0 aromatic heterocycles. The van der Waals surface area contributed by atoms with Crippen molar-refractivity contribution in [3.63, 3.8) is 0 Å². The number of primary amides is 1. The van der Waals surface area contributed by atoms with Gasteiger partial charge in [0, 0.05) is 37.5 Å². The number of nitrogens with two attached hydrogens (primary N) is 2. The summed E-state index contributed by atoms with van der Waals surface area (Å²) >= 11 is 0. The number of carbonyl (C=O) groups excluding carboxylic acids is 6. The minimum Gasteiger partial charge on any atom is -0.493 e. The first-order valence-corrected chi connectivity index (χ1v) is 25.2. The minimum atomic E-state index is -1.56. The van der Waals surface area contributed by atoms with Gasteiger partial charge < -0.3 is 76.2 Å². The number of nitrogens with one attached hydrogen (secondary N) is 3. The van der Waals surface area contributed by atoms with E-state index in [2.05, 4.69) is 29.1 Å². The number of anilines is 3. The van der Waals surface area contributed by atoms with Gasteiger partial charge in [0.2, 0.25) is 11.8 Å². The van der Waals surface area contributed by atoms with E-state index in [1.807, 2.05) is 0 Å². The molecule has 0 bridgehead atoms. The summed E-state index contributed by atoms with van der Waals surface area (Å²) in [6.07, 6.45) is -2.99. The van der Waals surface area contributed by atoms with Crippen molar-refractivity contribution < 1.29 is 72.6 Å². The zero-order valence-corrected chi connectivity index (χ0v) is 43.5. The average molecular weight is 1070 g/mol. The van der Waals surface area contributed by atoms with Crippen molar-refractivity contribution in [2.24, 2.45) is 17.4 Å². The van der Waals surface area contributed by atoms with E-state index in [1.165, 1.54) is 48.3 Å². The summed E-state index contributed by atoms with van der Waals surface area (Å²) in [7, 11) is 2.80. The Morgan fingerprint density at radius 2 is 1.26 bits per heavy atom. The number of hydrogen-bond acceptors (Lipinski definition) is 15. The van der Waals surface area contributed by atoms with Crippen LogP contribution in [-0.2, 0) is 20.9 Å². The molecule has 0 saturated carbocycles. The van der Waals surface area contributed by atoms with E-state index in [1.54, 1.807) is 38.1 Å². The van der Waals surface area contributed by atoms with Crippen LogP contribution in [0.25, 0.3) is 0 Å². The molecule has 24 heteroatoms. The summed E-state index contributed by atoms with van der Waals surface area (Å²) in [5, 5.41) is 41.1. The van der Waals surface area contributed by atoms with Gasteiger partial charge in [-0.15, -0.1) is 0 Å². The van der Waals surface area contributed by atoms with Gasteiger partial charge in [0.15, 0.2) is 35.5 Å². The Kier molecular flexibility index (Phi) is 18.2. The number of urea groups is 1. The van der Waals surface area contributed by atoms with Crippen LogP contribution < -0.4 is 56.2 Å². The first-order valence-electron chi connectivity index (χ1n) is 25.2. The second-order valence-corrected chi connectivity index (χ2v) is 19.6. The van der Waals surface area contributed by atoms with E-state index >= 15 is 0 Å². The zero-order chi connectivity index (χ0) is 55.8. The third kappa shape index (κ3) is 12.8. The summed E-state index contributed by atoms with van der Waals surface area (Å²) < 4.78 is 29.2. The van der Waals surface area contributed by atoms with E-state index in [0.717, 1.165) is 9.80 Å². The fourth-order valence-electron chi connectivity index (χ4n) is 9.61. The van der Waals surface area contributed by atoms with Crippen molar-refractivity contribution in [3.05, 3.63) is 89.5 Å². The molecule has 4 aliphatic heterocycles. The molecule has 7 rings (SSSR count). The largest absolute Gasteiger partial charge is 0.493 e. The average Bonchev–Trinajstić information content (AvgIpc) is 4.02. The zero-order valence-electron chi connectivity index (χ0n) is 43.5. The van der Waals surface area contributed by atoms with Crippen LogP contribution in [0.3, 0.4) is 0 Å². The normalized spacial score (nSPS) is 19.5. The first-order chi connectivity index (χ1) is 36.7. The number of carbonyl (C=O) groups is 7. The standard InChI is InChI=1S/C53H67N9O15/c1-28(2)44(54)46(64)58-35(11-10-16-56-51(55)69)45(63)57-32-14-12-31(13-15-32)27-77-53(72)62-37-24-43(41(74-6)22-34(37)48(66)60-26-30(4)20-39(60)50(62)68)76-18-9-7-8-17-75-42-23-36-33(21-40(42)73-5)47(65)59-25-29(3)19-38(59)49(67)61(36)52(70)71/h12-15,21-24,28,35,38-39,44,49-50,67-68H,3-4,7-11,16-20,25-27,54H2,1-2,5-6H3,(H,57,63)(H,58,64)(H,70,71)(H3,55,56,69)/t35-,38?,39-,44-,49?,50-/m0/s1. The smallest absolute Gasteiger partial charge is 0.416 e. The summed E-state index contributed by atoms with van der Waals surface area (Å²) in [4.78, 5) is 96.4. The van der Waals surface area contributed by atoms with Crippen molar-refractivity contribution in [2.45, 2.75) is 102 Å². The van der Waals surface area contributed by atoms with Crippen LogP contribution in [0.1, 0.15) is 85.1 Å². The van der Waals surface area contributed by atoms with Crippen molar-refractivity contribution in [3.8, 4) is 23.0 Å². The number of ether oxygens (including phenoxy) is 5. The van der Waals surface area contributed by atoms with Gasteiger partial charge in [-0.1, -0.05) is 50.3 Å². The van der Waals surface area contributed by atoms with Crippen LogP contribution in [0.5, 0.6) is 23.0 Å². The number of aliphatic hydroxyl groups excluding tert-OH is 2. The summed E-state index contributed by atoms with van der Waals surface area (Å²) in [6, 6.07) is 7.83. The van der Waals surface area contributed by atoms with Gasteiger partial charge in [0.05, 0.1) is 68.1 Å². The predicted octanol–water partition coefficient (Wildman–Crippen LogP) is 4.02. The lowest BCUT2D eigenvalue weighted by Crippen LogP contribution is -2.51. The highest BCUT2D eigenvalue weighted by Crippen LogP contribution is 2.44. The molecule has 3 aromatic carbocycles. The number of rotatable bonds is 21. The predicted molar refractivity (Wildman–Crippen MR) is 280 cm³/mol. The molecule has 2 fully saturated rings. The molecular formula is C53H67N9O15. The number of amides is 8. The molecule has 24 nitrogen and oxygen atoms in total. The highest BCUT2D eigenvalue weighted by Gasteiger charge is 2.48. The second kappa shape index (κ2) is 24.7. The Balaban J connectivity index is 0.992. The Hall–Kier alpha value is -8.09.